The number of hydrogen-bond acceptors (Lipinski definition) is 3. The van der Waals surface area contributed by atoms with Crippen molar-refractivity contribution in [3.05, 3.63) is 64.5 Å². The fraction of sp³-hybridized carbons (Fsp3) is 0.480. The van der Waals surface area contributed by atoms with Crippen LogP contribution >= 0.6 is 0 Å². The Hall–Kier alpha value is -2.36. The van der Waals surface area contributed by atoms with Gasteiger partial charge in [0.05, 0.1) is 17.8 Å². The monoisotopic (exact) mass is 396 g/mol. The molecule has 1 fully saturated rings. The molecule has 0 aromatic heterocycles. The van der Waals surface area contributed by atoms with E-state index in [4.69, 9.17) is 9.47 Å². The molecule has 0 N–H and O–H groups in total. The van der Waals surface area contributed by atoms with Crippen LogP contribution in [0.4, 0.5) is 4.39 Å². The molecule has 29 heavy (non-hydrogen) atoms. The Kier molecular flexibility index (Phi) is 5.37. The second-order valence-corrected chi connectivity index (χ2v) is 8.89. The molecule has 2 aliphatic rings. The SMILES string of the molecule is CC(C)OC(=O)c1ccc(CC2C3CCC2c2cc(OC(C)C)c(F)cc23)cc1. The van der Waals surface area contributed by atoms with Gasteiger partial charge in [-0.05, 0) is 106 Å². The summed E-state index contributed by atoms with van der Waals surface area (Å²) in [7, 11) is 0. The van der Waals surface area contributed by atoms with Crippen LogP contribution in [0.1, 0.15) is 79.4 Å². The molecule has 154 valence electrons. The zero-order valence-electron chi connectivity index (χ0n) is 17.6. The van der Waals surface area contributed by atoms with Gasteiger partial charge < -0.3 is 9.47 Å². The van der Waals surface area contributed by atoms with Gasteiger partial charge in [-0.15, -0.1) is 0 Å². The van der Waals surface area contributed by atoms with Gasteiger partial charge in [-0.3, -0.25) is 0 Å². The van der Waals surface area contributed by atoms with E-state index < -0.39 is 0 Å². The van der Waals surface area contributed by atoms with Gasteiger partial charge in [-0.1, -0.05) is 12.1 Å². The lowest BCUT2D eigenvalue weighted by Gasteiger charge is -2.18. The number of esters is 1. The van der Waals surface area contributed by atoms with Crippen molar-refractivity contribution in [1.82, 2.24) is 0 Å². The molecule has 3 atom stereocenters. The molecule has 0 aliphatic heterocycles. The fourth-order valence-corrected chi connectivity index (χ4v) is 5.03. The highest BCUT2D eigenvalue weighted by atomic mass is 19.1. The fourth-order valence-electron chi connectivity index (χ4n) is 5.03. The van der Waals surface area contributed by atoms with Crippen molar-refractivity contribution in [1.29, 1.82) is 0 Å². The Bertz CT molecular complexity index is 901. The largest absolute Gasteiger partial charge is 0.488 e. The molecule has 4 heteroatoms. The summed E-state index contributed by atoms with van der Waals surface area (Å²) in [4.78, 5) is 12.0. The molecule has 4 rings (SSSR count). The standard InChI is InChI=1S/C25H29FO3/c1-14(2)28-24-13-22-19-10-9-18(21(22)12-23(24)26)20(19)11-16-5-7-17(8-6-16)25(27)29-15(3)4/h5-8,12-15,18-20H,9-11H2,1-4H3. The molecule has 0 heterocycles. The van der Waals surface area contributed by atoms with E-state index in [1.165, 1.54) is 11.1 Å². The van der Waals surface area contributed by atoms with Crippen LogP contribution < -0.4 is 4.74 Å². The summed E-state index contributed by atoms with van der Waals surface area (Å²) in [5.74, 6) is 1.17. The molecule has 2 aromatic rings. The van der Waals surface area contributed by atoms with Crippen LogP contribution in [0.25, 0.3) is 0 Å². The molecule has 2 bridgehead atoms. The summed E-state index contributed by atoms with van der Waals surface area (Å²) in [6.07, 6.45) is 3.03. The lowest BCUT2D eigenvalue weighted by atomic mass is 9.88. The molecule has 3 unspecified atom stereocenters. The van der Waals surface area contributed by atoms with E-state index in [0.29, 0.717) is 29.1 Å². The number of halogens is 1. The highest BCUT2D eigenvalue weighted by molar-refractivity contribution is 5.89. The van der Waals surface area contributed by atoms with Crippen molar-refractivity contribution in [2.75, 3.05) is 0 Å². The minimum atomic E-state index is -0.284. The van der Waals surface area contributed by atoms with Crippen LogP contribution in [0, 0.1) is 11.7 Å². The van der Waals surface area contributed by atoms with E-state index in [2.05, 4.69) is 0 Å². The van der Waals surface area contributed by atoms with E-state index in [1.807, 2.05) is 58.0 Å². The molecule has 2 aliphatic carbocycles. The van der Waals surface area contributed by atoms with Crippen molar-refractivity contribution in [2.45, 2.75) is 71.0 Å². The van der Waals surface area contributed by atoms with E-state index in [1.54, 1.807) is 6.07 Å². The third kappa shape index (κ3) is 3.90. The molecule has 1 saturated carbocycles. The van der Waals surface area contributed by atoms with E-state index >= 15 is 0 Å². The summed E-state index contributed by atoms with van der Waals surface area (Å²) in [5.41, 5.74) is 4.22. The summed E-state index contributed by atoms with van der Waals surface area (Å²) in [6, 6.07) is 11.4. The highest BCUT2D eigenvalue weighted by Gasteiger charge is 2.46. The van der Waals surface area contributed by atoms with Gasteiger partial charge in [-0.25, -0.2) is 9.18 Å². The van der Waals surface area contributed by atoms with Gasteiger partial charge in [0.25, 0.3) is 0 Å². The van der Waals surface area contributed by atoms with Crippen LogP contribution in [0.2, 0.25) is 0 Å². The minimum Gasteiger partial charge on any atom is -0.488 e. The van der Waals surface area contributed by atoms with Gasteiger partial charge >= 0.3 is 5.97 Å². The van der Waals surface area contributed by atoms with Gasteiger partial charge in [-0.2, -0.15) is 0 Å². The van der Waals surface area contributed by atoms with Crippen molar-refractivity contribution >= 4 is 5.97 Å². The summed E-state index contributed by atoms with van der Waals surface area (Å²) < 4.78 is 25.5. The normalized spacial score (nSPS) is 22.2. The summed E-state index contributed by atoms with van der Waals surface area (Å²) in [5, 5.41) is 0. The number of fused-ring (bicyclic) bond motifs is 5. The highest BCUT2D eigenvalue weighted by Crippen LogP contribution is 2.59. The third-order valence-electron chi connectivity index (χ3n) is 6.13. The Balaban J connectivity index is 1.51. The van der Waals surface area contributed by atoms with E-state index in [9.17, 15) is 9.18 Å². The molecule has 3 nitrogen and oxygen atoms in total. The van der Waals surface area contributed by atoms with Crippen LogP contribution in [0.3, 0.4) is 0 Å². The second-order valence-electron chi connectivity index (χ2n) is 8.89. The van der Waals surface area contributed by atoms with Crippen molar-refractivity contribution in [3.63, 3.8) is 0 Å². The molecule has 0 amide bonds. The Morgan fingerprint density at radius 2 is 1.62 bits per heavy atom. The lowest BCUT2D eigenvalue weighted by Crippen LogP contribution is -2.12. The number of benzene rings is 2. The predicted molar refractivity (Wildman–Crippen MR) is 111 cm³/mol. The first-order valence-electron chi connectivity index (χ1n) is 10.6. The van der Waals surface area contributed by atoms with E-state index in [0.717, 1.165) is 24.8 Å². The topological polar surface area (TPSA) is 35.5 Å². The number of hydrogen-bond donors (Lipinski definition) is 0. The lowest BCUT2D eigenvalue weighted by molar-refractivity contribution is 0.0378. The van der Waals surface area contributed by atoms with Gasteiger partial charge in [0.15, 0.2) is 11.6 Å². The maximum Gasteiger partial charge on any atom is 0.338 e. The number of ether oxygens (including phenoxy) is 2. The van der Waals surface area contributed by atoms with Crippen molar-refractivity contribution in [2.24, 2.45) is 5.92 Å². The Labute approximate surface area is 172 Å². The molecular formula is C25H29FO3. The number of rotatable bonds is 6. The quantitative estimate of drug-likeness (QED) is 0.561. The average Bonchev–Trinajstić information content (AvgIpc) is 3.17. The maximum absolute atomic E-state index is 14.5. The van der Waals surface area contributed by atoms with Crippen LogP contribution in [0.5, 0.6) is 5.75 Å². The summed E-state index contributed by atoms with van der Waals surface area (Å²) in [6.45, 7) is 7.53. The van der Waals surface area contributed by atoms with E-state index in [-0.39, 0.29) is 24.0 Å². The average molecular weight is 397 g/mol. The van der Waals surface area contributed by atoms with Crippen LogP contribution in [0.15, 0.2) is 36.4 Å². The smallest absolute Gasteiger partial charge is 0.338 e. The zero-order chi connectivity index (χ0) is 20.7. The zero-order valence-corrected chi connectivity index (χ0v) is 17.6. The first-order chi connectivity index (χ1) is 13.8. The molecule has 0 radical (unpaired) electrons. The molecule has 0 spiro atoms. The maximum atomic E-state index is 14.5. The van der Waals surface area contributed by atoms with Crippen molar-refractivity contribution < 1.29 is 18.7 Å². The second kappa shape index (κ2) is 7.81. The van der Waals surface area contributed by atoms with Gasteiger partial charge in [0.2, 0.25) is 0 Å². The Morgan fingerprint density at radius 3 is 2.21 bits per heavy atom. The van der Waals surface area contributed by atoms with Crippen LogP contribution in [-0.4, -0.2) is 18.2 Å². The first-order valence-corrected chi connectivity index (χ1v) is 10.6. The minimum absolute atomic E-state index is 0.0437. The number of carbonyl (C=O) groups excluding carboxylic acids is 1. The van der Waals surface area contributed by atoms with Crippen LogP contribution in [-0.2, 0) is 11.2 Å². The van der Waals surface area contributed by atoms with Gasteiger partial charge in [0, 0.05) is 0 Å². The summed E-state index contributed by atoms with van der Waals surface area (Å²) >= 11 is 0. The number of carbonyl (C=O) groups is 1. The molecular weight excluding hydrogens is 367 g/mol. The molecule has 2 aromatic carbocycles. The Morgan fingerprint density at radius 1 is 1.00 bits per heavy atom. The van der Waals surface area contributed by atoms with Crippen molar-refractivity contribution in [3.8, 4) is 5.75 Å². The molecule has 0 saturated heterocycles. The predicted octanol–water partition coefficient (Wildman–Crippen LogP) is 6.01. The first kappa shape index (κ1) is 19.9. The third-order valence-corrected chi connectivity index (χ3v) is 6.13. The van der Waals surface area contributed by atoms with Gasteiger partial charge in [0.1, 0.15) is 0 Å².